The van der Waals surface area contributed by atoms with Gasteiger partial charge in [-0.05, 0) is 60.1 Å². The van der Waals surface area contributed by atoms with Crippen LogP contribution in [-0.2, 0) is 35.5 Å². The molecule has 4 aromatic rings. The van der Waals surface area contributed by atoms with E-state index in [1.807, 2.05) is 113 Å². The normalized spacial score (nSPS) is 13.8. The summed E-state index contributed by atoms with van der Waals surface area (Å²) >= 11 is 0. The standard InChI is InChI=1S/C43H56N8O5/c1-29(2)37(48-42(55)50(5)27-33-21-13-15-23-44-33)40(53)46-35(25-31-17-9-7-10-18-31)39(52)36(26-32-19-11-8-12-20-32)47-41(54)38(30(3)4)49-43(56)51(6)28-34-22-14-16-24-45-34/h7-24,29-30,35-39,52H,25-28H2,1-6H3,(H,46,53)(H,47,54)(H,48,55)(H,49,56)/t35?,36?,37-,38-,39?/m0/s1. The first-order chi connectivity index (χ1) is 26.8. The molecule has 0 radical (unpaired) electrons. The van der Waals surface area contributed by atoms with Crippen molar-refractivity contribution in [2.45, 2.75) is 83.9 Å². The van der Waals surface area contributed by atoms with Crippen LogP contribution in [0.4, 0.5) is 9.59 Å². The minimum Gasteiger partial charge on any atom is -0.389 e. The fraction of sp³-hybridized carbons (Fsp3) is 0.395. The molecule has 5 N–H and O–H groups in total. The topological polar surface area (TPSA) is 169 Å². The molecule has 0 saturated heterocycles. The van der Waals surface area contributed by atoms with E-state index in [-0.39, 0.29) is 37.8 Å². The molecule has 2 aromatic carbocycles. The Kier molecular flexibility index (Phi) is 16.3. The molecule has 6 amide bonds. The van der Waals surface area contributed by atoms with E-state index in [4.69, 9.17) is 0 Å². The van der Waals surface area contributed by atoms with Gasteiger partial charge in [-0.25, -0.2) is 9.59 Å². The third kappa shape index (κ3) is 13.2. The number of carbonyl (C=O) groups is 4. The van der Waals surface area contributed by atoms with Gasteiger partial charge in [0, 0.05) is 26.5 Å². The number of aliphatic hydroxyl groups is 1. The summed E-state index contributed by atoms with van der Waals surface area (Å²) in [7, 11) is 3.26. The molecule has 13 nitrogen and oxygen atoms in total. The van der Waals surface area contributed by atoms with Crippen LogP contribution in [-0.4, -0.2) is 93.1 Å². The van der Waals surface area contributed by atoms with E-state index in [1.165, 1.54) is 9.80 Å². The van der Waals surface area contributed by atoms with Gasteiger partial charge in [0.25, 0.3) is 0 Å². The molecule has 0 aliphatic carbocycles. The number of rotatable bonds is 18. The molecule has 0 bridgehead atoms. The molecular weight excluding hydrogens is 709 g/mol. The first kappa shape index (κ1) is 42.9. The van der Waals surface area contributed by atoms with E-state index in [0.29, 0.717) is 11.4 Å². The molecule has 4 rings (SSSR count). The summed E-state index contributed by atoms with van der Waals surface area (Å²) in [5, 5.41) is 24.1. The van der Waals surface area contributed by atoms with E-state index in [9.17, 15) is 24.3 Å². The number of carbonyl (C=O) groups excluding carboxylic acids is 4. The number of aliphatic hydroxyl groups excluding tert-OH is 1. The lowest BCUT2D eigenvalue weighted by atomic mass is 9.91. The predicted molar refractivity (Wildman–Crippen MR) is 216 cm³/mol. The van der Waals surface area contributed by atoms with Gasteiger partial charge in [-0.3, -0.25) is 19.6 Å². The van der Waals surface area contributed by atoms with Gasteiger partial charge >= 0.3 is 12.1 Å². The monoisotopic (exact) mass is 764 g/mol. The fourth-order valence-corrected chi connectivity index (χ4v) is 6.25. The molecule has 2 aromatic heterocycles. The Balaban J connectivity index is 1.57. The van der Waals surface area contributed by atoms with Gasteiger partial charge in [-0.15, -0.1) is 0 Å². The average Bonchev–Trinajstić information content (AvgIpc) is 3.19. The maximum absolute atomic E-state index is 14.1. The van der Waals surface area contributed by atoms with Gasteiger partial charge in [-0.1, -0.05) is 100 Å². The third-order valence-electron chi connectivity index (χ3n) is 9.48. The number of aromatic nitrogens is 2. The van der Waals surface area contributed by atoms with Crippen molar-refractivity contribution in [2.75, 3.05) is 14.1 Å². The Morgan fingerprint density at radius 1 is 0.554 bits per heavy atom. The Morgan fingerprint density at radius 2 is 0.911 bits per heavy atom. The maximum Gasteiger partial charge on any atom is 0.318 e. The summed E-state index contributed by atoms with van der Waals surface area (Å²) in [5.41, 5.74) is 3.10. The van der Waals surface area contributed by atoms with Crippen molar-refractivity contribution in [3.63, 3.8) is 0 Å². The average molecular weight is 765 g/mol. The van der Waals surface area contributed by atoms with Gasteiger partial charge in [0.15, 0.2) is 0 Å². The zero-order valence-electron chi connectivity index (χ0n) is 33.1. The zero-order chi connectivity index (χ0) is 40.6. The Labute approximate surface area is 330 Å². The number of urea groups is 2. The molecule has 0 fully saturated rings. The molecule has 298 valence electrons. The molecule has 0 spiro atoms. The second-order valence-electron chi connectivity index (χ2n) is 14.8. The Bertz CT molecular complexity index is 1680. The zero-order valence-corrected chi connectivity index (χ0v) is 33.1. The number of amides is 6. The molecule has 0 saturated carbocycles. The summed E-state index contributed by atoms with van der Waals surface area (Å²) in [6.45, 7) is 7.81. The highest BCUT2D eigenvalue weighted by atomic mass is 16.3. The number of hydrogen-bond acceptors (Lipinski definition) is 7. The van der Waals surface area contributed by atoms with Crippen LogP contribution in [0.15, 0.2) is 109 Å². The number of benzene rings is 2. The molecule has 0 aliphatic heterocycles. The molecule has 2 unspecified atom stereocenters. The summed E-state index contributed by atoms with van der Waals surface area (Å²) in [6, 6.07) is 25.2. The van der Waals surface area contributed by atoms with Crippen molar-refractivity contribution in [3.8, 4) is 0 Å². The summed E-state index contributed by atoms with van der Waals surface area (Å²) < 4.78 is 0. The maximum atomic E-state index is 14.1. The van der Waals surface area contributed by atoms with Crippen molar-refractivity contribution in [3.05, 3.63) is 132 Å². The second-order valence-corrected chi connectivity index (χ2v) is 14.8. The summed E-state index contributed by atoms with van der Waals surface area (Å²) in [4.78, 5) is 66.3. The van der Waals surface area contributed by atoms with Crippen LogP contribution in [0.5, 0.6) is 0 Å². The third-order valence-corrected chi connectivity index (χ3v) is 9.48. The Hall–Kier alpha value is -5.82. The highest BCUT2D eigenvalue weighted by Gasteiger charge is 2.36. The summed E-state index contributed by atoms with van der Waals surface area (Å²) in [6.07, 6.45) is 2.47. The van der Waals surface area contributed by atoms with Crippen LogP contribution in [0.2, 0.25) is 0 Å². The van der Waals surface area contributed by atoms with E-state index < -0.39 is 54.1 Å². The van der Waals surface area contributed by atoms with Gasteiger partial charge in [0.1, 0.15) is 12.1 Å². The second kappa shape index (κ2) is 21.3. The van der Waals surface area contributed by atoms with Crippen LogP contribution >= 0.6 is 0 Å². The number of nitrogens with one attached hydrogen (secondary N) is 4. The molecule has 13 heteroatoms. The van der Waals surface area contributed by atoms with Crippen molar-refractivity contribution in [1.82, 2.24) is 41.0 Å². The number of nitrogens with zero attached hydrogens (tertiary/aromatic N) is 4. The quantitative estimate of drug-likeness (QED) is 0.101. The van der Waals surface area contributed by atoms with Crippen molar-refractivity contribution in [1.29, 1.82) is 0 Å². The Morgan fingerprint density at radius 3 is 1.23 bits per heavy atom. The van der Waals surface area contributed by atoms with Gasteiger partial charge in [0.2, 0.25) is 11.8 Å². The minimum atomic E-state index is -1.30. The van der Waals surface area contributed by atoms with Crippen LogP contribution in [0.3, 0.4) is 0 Å². The van der Waals surface area contributed by atoms with Crippen molar-refractivity contribution < 1.29 is 24.3 Å². The molecule has 0 aliphatic rings. The molecule has 56 heavy (non-hydrogen) atoms. The van der Waals surface area contributed by atoms with Crippen LogP contribution in [0.1, 0.15) is 50.2 Å². The smallest absolute Gasteiger partial charge is 0.318 e. The molecule has 4 atom stereocenters. The van der Waals surface area contributed by atoms with E-state index in [2.05, 4.69) is 31.2 Å². The van der Waals surface area contributed by atoms with E-state index in [0.717, 1.165) is 11.1 Å². The minimum absolute atomic E-state index is 0.232. The lowest BCUT2D eigenvalue weighted by Crippen LogP contribution is -2.62. The first-order valence-corrected chi connectivity index (χ1v) is 19.0. The highest BCUT2D eigenvalue weighted by Crippen LogP contribution is 2.16. The number of pyridine rings is 2. The highest BCUT2D eigenvalue weighted by molar-refractivity contribution is 5.88. The molecular formula is C43H56N8O5. The lowest BCUT2D eigenvalue weighted by Gasteiger charge is -2.34. The van der Waals surface area contributed by atoms with Crippen LogP contribution < -0.4 is 21.3 Å². The van der Waals surface area contributed by atoms with E-state index >= 15 is 0 Å². The van der Waals surface area contributed by atoms with Gasteiger partial charge < -0.3 is 36.2 Å². The van der Waals surface area contributed by atoms with Crippen molar-refractivity contribution in [2.24, 2.45) is 11.8 Å². The first-order valence-electron chi connectivity index (χ1n) is 19.0. The van der Waals surface area contributed by atoms with Gasteiger partial charge in [-0.2, -0.15) is 0 Å². The molecule has 2 heterocycles. The van der Waals surface area contributed by atoms with Crippen LogP contribution in [0.25, 0.3) is 0 Å². The van der Waals surface area contributed by atoms with E-state index in [1.54, 1.807) is 38.6 Å². The lowest BCUT2D eigenvalue weighted by molar-refractivity contribution is -0.126. The number of hydrogen-bond donors (Lipinski definition) is 5. The van der Waals surface area contributed by atoms with Gasteiger partial charge in [0.05, 0.1) is 42.7 Å². The SMILES string of the molecule is CC(C)[C@H](NC(=O)N(C)Cc1ccccn1)C(=O)NC(Cc1ccccc1)C(O)C(Cc1ccccc1)NC(=O)[C@@H](NC(=O)N(C)Cc1ccccn1)C(C)C. The largest absolute Gasteiger partial charge is 0.389 e. The van der Waals surface area contributed by atoms with Crippen molar-refractivity contribution >= 4 is 23.9 Å². The fourth-order valence-electron chi connectivity index (χ4n) is 6.25. The van der Waals surface area contributed by atoms with Crippen LogP contribution in [0, 0.1) is 11.8 Å². The predicted octanol–water partition coefficient (Wildman–Crippen LogP) is 4.32. The summed E-state index contributed by atoms with van der Waals surface area (Å²) in [5.74, 6) is -1.56.